The minimum Gasteiger partial charge on any atom is -0.497 e. The minimum atomic E-state index is -2.55. The summed E-state index contributed by atoms with van der Waals surface area (Å²) in [5, 5.41) is 2.75. The normalized spacial score (nSPS) is 18.5. The van der Waals surface area contributed by atoms with Crippen molar-refractivity contribution in [2.75, 3.05) is 26.1 Å². The summed E-state index contributed by atoms with van der Waals surface area (Å²) in [6.07, 6.45) is -3.06. The van der Waals surface area contributed by atoms with E-state index < -0.39 is 43.3 Å². The Hall–Kier alpha value is -5.28. The SMILES string of the molecule is COc1ccc(C(OC[C@H]2O[C@@H](n3cnc4c(NC(=O)c5ccccc5)ncnc43)[C@@H](F)[C@@H]2O[P+](=O)S)(c2ccccc2)c2ccc(OC)cc2)cc1.N. The van der Waals surface area contributed by atoms with Gasteiger partial charge in [-0.3, -0.25) is 9.36 Å². The van der Waals surface area contributed by atoms with Crippen LogP contribution in [0.2, 0.25) is 0 Å². The summed E-state index contributed by atoms with van der Waals surface area (Å²) < 4.78 is 60.1. The zero-order chi connectivity index (χ0) is 37.0. The van der Waals surface area contributed by atoms with Crippen molar-refractivity contribution in [1.82, 2.24) is 25.7 Å². The summed E-state index contributed by atoms with van der Waals surface area (Å²) in [6, 6.07) is 33.1. The number of anilines is 1. The van der Waals surface area contributed by atoms with Crippen LogP contribution in [-0.4, -0.2) is 64.6 Å². The molecule has 1 amide bonds. The lowest BCUT2D eigenvalue weighted by atomic mass is 9.80. The Morgan fingerprint density at radius 1 is 0.870 bits per heavy atom. The van der Waals surface area contributed by atoms with Gasteiger partial charge in [0.1, 0.15) is 41.8 Å². The van der Waals surface area contributed by atoms with Crippen molar-refractivity contribution in [2.24, 2.45) is 0 Å². The maximum atomic E-state index is 16.6. The van der Waals surface area contributed by atoms with Gasteiger partial charge in [0, 0.05) is 5.56 Å². The second-order valence-electron chi connectivity index (χ2n) is 12.0. The van der Waals surface area contributed by atoms with E-state index in [4.69, 9.17) is 23.5 Å². The zero-order valence-electron chi connectivity index (χ0n) is 29.2. The Bertz CT molecular complexity index is 2150. The number of carbonyl (C=O) groups is 1. The van der Waals surface area contributed by atoms with Gasteiger partial charge in [0.25, 0.3) is 5.91 Å². The number of hydrogen-bond donors (Lipinski definition) is 3. The number of hydrogen-bond acceptors (Lipinski definition) is 11. The Labute approximate surface area is 316 Å². The van der Waals surface area contributed by atoms with Gasteiger partial charge in [-0.25, -0.2) is 19.3 Å². The number of amides is 1. The molecule has 1 unspecified atom stereocenters. The summed E-state index contributed by atoms with van der Waals surface area (Å²) in [4.78, 5) is 25.8. The van der Waals surface area contributed by atoms with Crippen LogP contribution in [0.25, 0.3) is 11.2 Å². The molecule has 1 fully saturated rings. The Balaban J connectivity index is 0.00000497. The molecule has 54 heavy (non-hydrogen) atoms. The van der Waals surface area contributed by atoms with Gasteiger partial charge in [0.05, 0.1) is 27.2 Å². The maximum absolute atomic E-state index is 16.6. The zero-order valence-corrected chi connectivity index (χ0v) is 31.0. The van der Waals surface area contributed by atoms with Crippen molar-refractivity contribution in [2.45, 2.75) is 30.2 Å². The highest BCUT2D eigenvalue weighted by atomic mass is 32.7. The van der Waals surface area contributed by atoms with Gasteiger partial charge in [-0.15, -0.1) is 4.52 Å². The molecular weight excluding hydrogens is 734 g/mol. The number of imidazole rings is 1. The fraction of sp³-hybridized carbons (Fsp3) is 0.211. The van der Waals surface area contributed by atoms with Gasteiger partial charge in [-0.05, 0) is 57.7 Å². The third-order valence-corrected chi connectivity index (χ3v) is 9.72. The third-order valence-electron chi connectivity index (χ3n) is 9.02. The number of nitrogens with one attached hydrogen (secondary N) is 1. The van der Waals surface area contributed by atoms with Gasteiger partial charge in [-0.1, -0.05) is 72.8 Å². The van der Waals surface area contributed by atoms with E-state index in [0.717, 1.165) is 16.7 Å². The van der Waals surface area contributed by atoms with Crippen LogP contribution >= 0.6 is 19.5 Å². The molecular formula is C38H37FN6O7PS+. The molecule has 0 bridgehead atoms. The van der Waals surface area contributed by atoms with Crippen LogP contribution in [0.4, 0.5) is 10.2 Å². The molecule has 3 heterocycles. The number of nitrogens with zero attached hydrogens (tertiary/aromatic N) is 4. The Morgan fingerprint density at radius 2 is 1.44 bits per heavy atom. The predicted molar refractivity (Wildman–Crippen MR) is 203 cm³/mol. The number of ether oxygens (including phenoxy) is 4. The lowest BCUT2D eigenvalue weighted by Gasteiger charge is -2.37. The molecule has 278 valence electrons. The highest BCUT2D eigenvalue weighted by molar-refractivity contribution is 8.39. The first kappa shape index (κ1) is 38.4. The first-order valence-corrected chi connectivity index (χ1v) is 18.8. The number of aromatic nitrogens is 4. The molecule has 7 rings (SSSR count). The molecule has 5 atom stereocenters. The molecule has 6 aromatic rings. The van der Waals surface area contributed by atoms with Crippen LogP contribution in [0.3, 0.4) is 0 Å². The molecule has 4 aromatic carbocycles. The van der Waals surface area contributed by atoms with E-state index >= 15 is 4.39 Å². The highest BCUT2D eigenvalue weighted by Crippen LogP contribution is 2.45. The smallest absolute Gasteiger partial charge is 0.497 e. The van der Waals surface area contributed by atoms with E-state index in [1.807, 2.05) is 78.9 Å². The van der Waals surface area contributed by atoms with Crippen LogP contribution in [0.15, 0.2) is 122 Å². The summed E-state index contributed by atoms with van der Waals surface area (Å²) in [5.41, 5.74) is 1.86. The number of methoxy groups -OCH3 is 2. The second kappa shape index (κ2) is 16.8. The topological polar surface area (TPSA) is 171 Å². The number of carbonyl (C=O) groups excluding carboxylic acids is 1. The lowest BCUT2D eigenvalue weighted by Crippen LogP contribution is -2.39. The largest absolute Gasteiger partial charge is 0.582 e. The summed E-state index contributed by atoms with van der Waals surface area (Å²) in [6.45, 7) is -0.217. The highest BCUT2D eigenvalue weighted by Gasteiger charge is 2.52. The Kier molecular flexibility index (Phi) is 12.0. The summed E-state index contributed by atoms with van der Waals surface area (Å²) in [5.74, 6) is 1.03. The van der Waals surface area contributed by atoms with Crippen LogP contribution in [0, 0.1) is 0 Å². The Morgan fingerprint density at radius 3 is 2.02 bits per heavy atom. The molecule has 1 aliphatic rings. The average molecular weight is 772 g/mol. The van der Waals surface area contributed by atoms with E-state index in [1.165, 1.54) is 17.2 Å². The van der Waals surface area contributed by atoms with Gasteiger partial charge in [-0.2, -0.15) is 0 Å². The average Bonchev–Trinajstić information content (AvgIpc) is 3.76. The molecule has 0 radical (unpaired) electrons. The fourth-order valence-electron chi connectivity index (χ4n) is 6.46. The molecule has 2 aromatic heterocycles. The van der Waals surface area contributed by atoms with Gasteiger partial charge in [0.2, 0.25) is 0 Å². The van der Waals surface area contributed by atoms with Crippen molar-refractivity contribution >= 4 is 42.4 Å². The van der Waals surface area contributed by atoms with Crippen LogP contribution in [-0.2, 0) is 24.2 Å². The van der Waals surface area contributed by atoms with E-state index in [0.29, 0.717) is 17.1 Å². The molecule has 0 saturated carbocycles. The van der Waals surface area contributed by atoms with Crippen molar-refractivity contribution in [1.29, 1.82) is 0 Å². The number of halogens is 1. The van der Waals surface area contributed by atoms with E-state index in [2.05, 4.69) is 32.5 Å². The molecule has 1 saturated heterocycles. The maximum Gasteiger partial charge on any atom is 0.582 e. The lowest BCUT2D eigenvalue weighted by molar-refractivity contribution is -0.0904. The van der Waals surface area contributed by atoms with E-state index in [9.17, 15) is 9.36 Å². The second-order valence-corrected chi connectivity index (χ2v) is 13.7. The van der Waals surface area contributed by atoms with Crippen molar-refractivity contribution in [3.8, 4) is 11.5 Å². The van der Waals surface area contributed by atoms with Crippen LogP contribution in [0.1, 0.15) is 33.3 Å². The molecule has 0 aliphatic carbocycles. The molecule has 1 aliphatic heterocycles. The number of rotatable bonds is 13. The van der Waals surface area contributed by atoms with Crippen molar-refractivity contribution in [3.05, 3.63) is 144 Å². The van der Waals surface area contributed by atoms with Crippen molar-refractivity contribution < 1.29 is 37.2 Å². The first-order valence-electron chi connectivity index (χ1n) is 16.5. The number of fused-ring (bicyclic) bond motifs is 1. The van der Waals surface area contributed by atoms with Gasteiger partial charge in [0.15, 0.2) is 35.5 Å². The standard InChI is InChI=1S/C38H33FN5O7PS.H3N/c1-47-28-17-13-26(14-18-28)38(25-11-7-4-8-12-25,27-15-19-29(48-2)20-16-27)49-21-30-33(51-52(46)53)31(39)37(50-30)44-23-42-32-34(40-22-41-35(32)44)43-36(45)24-9-5-3-6-10-24;/h3-20,22-23,30-31,33,37H,21H2,1-2H3,(H-,40,41,43,45,46,53);1H3/p+1/t30-,31+,33-,37-;/m1./s1. The number of thiol groups is 1. The van der Waals surface area contributed by atoms with Crippen molar-refractivity contribution in [3.63, 3.8) is 0 Å². The van der Waals surface area contributed by atoms with Crippen LogP contribution in [0.5, 0.6) is 11.5 Å². The van der Waals surface area contributed by atoms with Crippen LogP contribution < -0.4 is 20.9 Å². The number of alkyl halides is 1. The quantitative estimate of drug-likeness (QED) is 0.0604. The molecule has 16 heteroatoms. The molecule has 13 nitrogen and oxygen atoms in total. The monoisotopic (exact) mass is 771 g/mol. The van der Waals surface area contributed by atoms with E-state index in [1.54, 1.807) is 44.6 Å². The van der Waals surface area contributed by atoms with Gasteiger partial charge < -0.3 is 30.4 Å². The van der Waals surface area contributed by atoms with E-state index in [-0.39, 0.29) is 29.7 Å². The third kappa shape index (κ3) is 7.55. The number of benzene rings is 4. The summed E-state index contributed by atoms with van der Waals surface area (Å²) >= 11 is 3.95. The fourth-order valence-corrected chi connectivity index (χ4v) is 7.25. The molecule has 4 N–H and O–H groups in total. The first-order chi connectivity index (χ1) is 25.8. The summed E-state index contributed by atoms with van der Waals surface area (Å²) in [7, 11) is 0.623. The van der Waals surface area contributed by atoms with Gasteiger partial charge >= 0.3 is 7.23 Å². The minimum absolute atomic E-state index is 0. The molecule has 0 spiro atoms. The predicted octanol–water partition coefficient (Wildman–Crippen LogP) is 7.47.